The number of rotatable bonds is 5. The highest BCUT2D eigenvalue weighted by molar-refractivity contribution is 5.80. The third kappa shape index (κ3) is 2.87. The van der Waals surface area contributed by atoms with Crippen LogP contribution in [0, 0.1) is 0 Å². The van der Waals surface area contributed by atoms with E-state index in [-0.39, 0.29) is 24.7 Å². The lowest BCUT2D eigenvalue weighted by atomic mass is 10.2. The van der Waals surface area contributed by atoms with E-state index in [1.807, 2.05) is 18.3 Å². The fraction of sp³-hybridized carbons (Fsp3) is 0.471. The summed E-state index contributed by atoms with van der Waals surface area (Å²) in [6.45, 7) is 1.23. The van der Waals surface area contributed by atoms with Crippen LogP contribution in [0.3, 0.4) is 0 Å². The molecule has 1 fully saturated rings. The zero-order valence-corrected chi connectivity index (χ0v) is 12.8. The van der Waals surface area contributed by atoms with Crippen molar-refractivity contribution >= 4 is 16.8 Å². The van der Waals surface area contributed by atoms with E-state index in [2.05, 4.69) is 22.8 Å². The average Bonchev–Trinajstić information content (AvgIpc) is 3.16. The summed E-state index contributed by atoms with van der Waals surface area (Å²) in [5.74, 6) is 0.0800. The number of aryl methyl sites for hydroxylation is 1. The Labute approximate surface area is 130 Å². The van der Waals surface area contributed by atoms with Gasteiger partial charge in [0.25, 0.3) is 0 Å². The zero-order chi connectivity index (χ0) is 15.5. The van der Waals surface area contributed by atoms with Gasteiger partial charge < -0.3 is 19.3 Å². The molecule has 3 rings (SSSR count). The summed E-state index contributed by atoms with van der Waals surface area (Å²) in [7, 11) is 1.65. The van der Waals surface area contributed by atoms with Crippen LogP contribution >= 0.6 is 0 Å². The monoisotopic (exact) mass is 302 g/mol. The third-order valence-corrected chi connectivity index (χ3v) is 4.49. The number of amides is 1. The average molecular weight is 302 g/mol. The number of aliphatic hydroxyl groups is 1. The van der Waals surface area contributed by atoms with Crippen molar-refractivity contribution in [2.45, 2.75) is 31.5 Å². The molecular weight excluding hydrogens is 280 g/mol. The maximum atomic E-state index is 12.5. The smallest absolute Gasteiger partial charge is 0.224 e. The van der Waals surface area contributed by atoms with Crippen LogP contribution in [0.4, 0.5) is 0 Å². The number of aliphatic hydroxyl groups excluding tert-OH is 1. The molecule has 1 aliphatic rings. The molecule has 0 radical (unpaired) electrons. The highest BCUT2D eigenvalue weighted by Gasteiger charge is 2.34. The number of carbonyl (C=O) groups excluding carboxylic acids is 1. The molecule has 5 heteroatoms. The van der Waals surface area contributed by atoms with Gasteiger partial charge >= 0.3 is 0 Å². The van der Waals surface area contributed by atoms with E-state index in [0.29, 0.717) is 25.9 Å². The van der Waals surface area contributed by atoms with Gasteiger partial charge in [-0.3, -0.25) is 4.79 Å². The molecule has 2 atom stereocenters. The van der Waals surface area contributed by atoms with E-state index in [9.17, 15) is 9.90 Å². The SMILES string of the molecule is CO[C@@H]1C[C@@H](CO)N(C(=O)CCn2ccc3ccccc32)C1. The maximum absolute atomic E-state index is 12.5. The Morgan fingerprint density at radius 1 is 1.36 bits per heavy atom. The van der Waals surface area contributed by atoms with Crippen LogP contribution in [0.1, 0.15) is 12.8 Å². The first kappa shape index (κ1) is 15.1. The molecule has 0 saturated carbocycles. The van der Waals surface area contributed by atoms with Crippen LogP contribution in [0.25, 0.3) is 10.9 Å². The molecule has 2 aromatic rings. The molecule has 0 unspecified atom stereocenters. The van der Waals surface area contributed by atoms with Crippen molar-refractivity contribution in [3.8, 4) is 0 Å². The minimum atomic E-state index is -0.112. The Morgan fingerprint density at radius 2 is 2.18 bits per heavy atom. The summed E-state index contributed by atoms with van der Waals surface area (Å²) >= 11 is 0. The normalized spacial score (nSPS) is 21.6. The molecular formula is C17H22N2O3. The summed E-state index contributed by atoms with van der Waals surface area (Å²) in [6, 6.07) is 10.1. The lowest BCUT2D eigenvalue weighted by Crippen LogP contribution is -2.38. The van der Waals surface area contributed by atoms with Crippen molar-refractivity contribution in [2.24, 2.45) is 0 Å². The van der Waals surface area contributed by atoms with Crippen LogP contribution in [0.15, 0.2) is 36.5 Å². The zero-order valence-electron chi connectivity index (χ0n) is 12.8. The lowest BCUT2D eigenvalue weighted by molar-refractivity contribution is -0.133. The van der Waals surface area contributed by atoms with Gasteiger partial charge in [0, 0.05) is 38.3 Å². The summed E-state index contributed by atoms with van der Waals surface area (Å²) in [4.78, 5) is 14.2. The number of hydrogen-bond donors (Lipinski definition) is 1. The number of aromatic nitrogens is 1. The number of benzene rings is 1. The predicted octanol–water partition coefficient (Wildman–Crippen LogP) is 1.64. The second-order valence-electron chi connectivity index (χ2n) is 5.79. The van der Waals surface area contributed by atoms with Crippen molar-refractivity contribution < 1.29 is 14.6 Å². The van der Waals surface area contributed by atoms with Crippen molar-refractivity contribution in [3.05, 3.63) is 36.5 Å². The Morgan fingerprint density at radius 3 is 2.95 bits per heavy atom. The number of likely N-dealkylation sites (tertiary alicyclic amines) is 1. The number of methoxy groups -OCH3 is 1. The quantitative estimate of drug-likeness (QED) is 0.913. The highest BCUT2D eigenvalue weighted by atomic mass is 16.5. The van der Waals surface area contributed by atoms with E-state index in [4.69, 9.17) is 4.74 Å². The van der Waals surface area contributed by atoms with Crippen LogP contribution < -0.4 is 0 Å². The van der Waals surface area contributed by atoms with Crippen LogP contribution in [0.2, 0.25) is 0 Å². The molecule has 1 N–H and O–H groups in total. The topological polar surface area (TPSA) is 54.7 Å². The van der Waals surface area contributed by atoms with Crippen LogP contribution in [-0.4, -0.2) is 52.9 Å². The molecule has 2 heterocycles. The molecule has 1 saturated heterocycles. The molecule has 0 bridgehead atoms. The molecule has 1 aliphatic heterocycles. The first-order chi connectivity index (χ1) is 10.7. The first-order valence-electron chi connectivity index (χ1n) is 7.70. The molecule has 5 nitrogen and oxygen atoms in total. The largest absolute Gasteiger partial charge is 0.394 e. The van der Waals surface area contributed by atoms with Crippen molar-refractivity contribution in [1.29, 1.82) is 0 Å². The number of hydrogen-bond acceptors (Lipinski definition) is 3. The van der Waals surface area contributed by atoms with Gasteiger partial charge in [0.2, 0.25) is 5.91 Å². The van der Waals surface area contributed by atoms with Crippen LogP contribution in [-0.2, 0) is 16.1 Å². The van der Waals surface area contributed by atoms with Gasteiger partial charge in [0.15, 0.2) is 0 Å². The molecule has 1 amide bonds. The minimum Gasteiger partial charge on any atom is -0.394 e. The second-order valence-corrected chi connectivity index (χ2v) is 5.79. The second kappa shape index (κ2) is 6.50. The Bertz CT molecular complexity index is 652. The number of para-hydroxylation sites is 1. The standard InChI is InChI=1S/C17H22N2O3/c1-22-15-10-14(12-20)19(11-15)17(21)7-9-18-8-6-13-4-2-3-5-16(13)18/h2-6,8,14-15,20H,7,9-12H2,1H3/t14-,15+/m0/s1. The summed E-state index contributed by atoms with van der Waals surface area (Å²) in [6.07, 6.45) is 3.20. The Kier molecular flexibility index (Phi) is 4.45. The van der Waals surface area contributed by atoms with Gasteiger partial charge in [0.1, 0.15) is 0 Å². The van der Waals surface area contributed by atoms with Gasteiger partial charge in [-0.1, -0.05) is 18.2 Å². The molecule has 118 valence electrons. The third-order valence-electron chi connectivity index (χ3n) is 4.49. The Hall–Kier alpha value is -1.85. The van der Waals surface area contributed by atoms with Gasteiger partial charge in [-0.15, -0.1) is 0 Å². The van der Waals surface area contributed by atoms with Crippen LogP contribution in [0.5, 0.6) is 0 Å². The van der Waals surface area contributed by atoms with Gasteiger partial charge in [-0.05, 0) is 23.9 Å². The number of fused-ring (bicyclic) bond motifs is 1. The first-order valence-corrected chi connectivity index (χ1v) is 7.70. The van der Waals surface area contributed by atoms with E-state index >= 15 is 0 Å². The Balaban J connectivity index is 1.65. The fourth-order valence-electron chi connectivity index (χ4n) is 3.22. The summed E-state index contributed by atoms with van der Waals surface area (Å²) < 4.78 is 7.42. The molecule has 22 heavy (non-hydrogen) atoms. The predicted molar refractivity (Wildman–Crippen MR) is 84.6 cm³/mol. The number of nitrogens with zero attached hydrogens (tertiary/aromatic N) is 2. The van der Waals surface area contributed by atoms with Gasteiger partial charge in [0.05, 0.1) is 18.8 Å². The molecule has 1 aromatic carbocycles. The van der Waals surface area contributed by atoms with Gasteiger partial charge in [-0.2, -0.15) is 0 Å². The lowest BCUT2D eigenvalue weighted by Gasteiger charge is -2.23. The van der Waals surface area contributed by atoms with Crippen molar-refractivity contribution in [1.82, 2.24) is 9.47 Å². The van der Waals surface area contributed by atoms with E-state index < -0.39 is 0 Å². The van der Waals surface area contributed by atoms with E-state index in [1.165, 1.54) is 5.39 Å². The maximum Gasteiger partial charge on any atom is 0.224 e. The summed E-state index contributed by atoms with van der Waals surface area (Å²) in [5.41, 5.74) is 1.14. The van der Waals surface area contributed by atoms with E-state index in [1.54, 1.807) is 12.0 Å². The molecule has 1 aromatic heterocycles. The fourth-order valence-corrected chi connectivity index (χ4v) is 3.22. The molecule has 0 aliphatic carbocycles. The number of carbonyl (C=O) groups is 1. The van der Waals surface area contributed by atoms with Crippen molar-refractivity contribution in [2.75, 3.05) is 20.3 Å². The minimum absolute atomic E-state index is 0.00193. The number of ether oxygens (including phenoxy) is 1. The van der Waals surface area contributed by atoms with E-state index in [0.717, 1.165) is 5.52 Å². The summed E-state index contributed by atoms with van der Waals surface area (Å²) in [5, 5.41) is 10.6. The highest BCUT2D eigenvalue weighted by Crippen LogP contribution is 2.21. The van der Waals surface area contributed by atoms with Gasteiger partial charge in [-0.25, -0.2) is 0 Å². The molecule has 0 spiro atoms. The van der Waals surface area contributed by atoms with Crippen molar-refractivity contribution in [3.63, 3.8) is 0 Å².